The highest BCUT2D eigenvalue weighted by molar-refractivity contribution is 7.09. The summed E-state index contributed by atoms with van der Waals surface area (Å²) >= 11 is 1.75. The molecule has 19 heavy (non-hydrogen) atoms. The Morgan fingerprint density at radius 2 is 2.21 bits per heavy atom. The number of thiazole rings is 1. The van der Waals surface area contributed by atoms with Crippen LogP contribution in [0.25, 0.3) is 0 Å². The van der Waals surface area contributed by atoms with Crippen LogP contribution < -0.4 is 5.32 Å². The molecule has 1 aromatic carbocycles. The van der Waals surface area contributed by atoms with Gasteiger partial charge in [-0.25, -0.2) is 4.98 Å². The number of hydrogen-bond acceptors (Lipinski definition) is 4. The van der Waals surface area contributed by atoms with Gasteiger partial charge in [0.2, 0.25) is 0 Å². The number of benzene rings is 1. The van der Waals surface area contributed by atoms with Crippen LogP contribution in [0.4, 0.5) is 0 Å². The molecule has 1 saturated heterocycles. The van der Waals surface area contributed by atoms with Crippen molar-refractivity contribution in [2.45, 2.75) is 19.0 Å². The highest BCUT2D eigenvalue weighted by atomic mass is 32.1. The van der Waals surface area contributed by atoms with Crippen LogP contribution in [0.2, 0.25) is 0 Å². The van der Waals surface area contributed by atoms with Gasteiger partial charge in [-0.2, -0.15) is 0 Å². The minimum absolute atomic E-state index is 0.410. The Kier molecular flexibility index (Phi) is 3.92. The fourth-order valence-electron chi connectivity index (χ4n) is 2.63. The van der Waals surface area contributed by atoms with Gasteiger partial charge in [-0.3, -0.25) is 4.90 Å². The molecule has 0 spiro atoms. The normalized spacial score (nSPS) is 22.3. The predicted octanol–water partition coefficient (Wildman–Crippen LogP) is 2.85. The SMILES string of the molecule is CC(c1nccs1)N1CCNC(c2ccccc2)C1. The lowest BCUT2D eigenvalue weighted by Crippen LogP contribution is -2.46. The van der Waals surface area contributed by atoms with E-state index in [4.69, 9.17) is 0 Å². The molecule has 2 unspecified atom stereocenters. The zero-order chi connectivity index (χ0) is 13.1. The molecular weight excluding hydrogens is 254 g/mol. The van der Waals surface area contributed by atoms with E-state index in [0.717, 1.165) is 19.6 Å². The van der Waals surface area contributed by atoms with E-state index in [-0.39, 0.29) is 0 Å². The van der Waals surface area contributed by atoms with E-state index in [9.17, 15) is 0 Å². The predicted molar refractivity (Wildman–Crippen MR) is 79.3 cm³/mol. The number of nitrogens with zero attached hydrogens (tertiary/aromatic N) is 2. The van der Waals surface area contributed by atoms with E-state index >= 15 is 0 Å². The van der Waals surface area contributed by atoms with Gasteiger partial charge in [0.25, 0.3) is 0 Å². The zero-order valence-corrected chi connectivity index (χ0v) is 11.9. The summed E-state index contributed by atoms with van der Waals surface area (Å²) in [5.74, 6) is 0. The first kappa shape index (κ1) is 12.8. The molecule has 3 nitrogen and oxygen atoms in total. The first-order valence-electron chi connectivity index (χ1n) is 6.76. The molecule has 3 rings (SSSR count). The highest BCUT2D eigenvalue weighted by Gasteiger charge is 2.25. The van der Waals surface area contributed by atoms with Crippen molar-refractivity contribution in [3.63, 3.8) is 0 Å². The van der Waals surface area contributed by atoms with Gasteiger partial charge < -0.3 is 5.32 Å². The second-order valence-electron chi connectivity index (χ2n) is 4.96. The summed E-state index contributed by atoms with van der Waals surface area (Å²) in [6, 6.07) is 11.5. The highest BCUT2D eigenvalue weighted by Crippen LogP contribution is 2.26. The van der Waals surface area contributed by atoms with Gasteiger partial charge in [0.15, 0.2) is 0 Å². The quantitative estimate of drug-likeness (QED) is 0.932. The van der Waals surface area contributed by atoms with Crippen molar-refractivity contribution in [3.05, 3.63) is 52.5 Å². The average Bonchev–Trinajstić information content (AvgIpc) is 3.02. The molecule has 2 atom stereocenters. The topological polar surface area (TPSA) is 28.2 Å². The first-order chi connectivity index (χ1) is 9.34. The van der Waals surface area contributed by atoms with Crippen molar-refractivity contribution >= 4 is 11.3 Å². The maximum absolute atomic E-state index is 4.45. The van der Waals surface area contributed by atoms with Crippen molar-refractivity contribution in [3.8, 4) is 0 Å². The van der Waals surface area contributed by atoms with Gasteiger partial charge in [0.05, 0.1) is 6.04 Å². The maximum atomic E-state index is 4.45. The fourth-order valence-corrected chi connectivity index (χ4v) is 3.36. The van der Waals surface area contributed by atoms with Crippen molar-refractivity contribution in [2.75, 3.05) is 19.6 Å². The average molecular weight is 273 g/mol. The molecule has 2 aromatic rings. The van der Waals surface area contributed by atoms with E-state index < -0.39 is 0 Å². The molecule has 1 N–H and O–H groups in total. The Labute approximate surface area is 118 Å². The van der Waals surface area contributed by atoms with Gasteiger partial charge in [0, 0.05) is 37.3 Å². The van der Waals surface area contributed by atoms with Gasteiger partial charge in [-0.1, -0.05) is 30.3 Å². The third-order valence-electron chi connectivity index (χ3n) is 3.77. The molecule has 0 saturated carbocycles. The summed E-state index contributed by atoms with van der Waals surface area (Å²) in [6.07, 6.45) is 1.90. The van der Waals surface area contributed by atoms with E-state index in [1.165, 1.54) is 10.6 Å². The Morgan fingerprint density at radius 3 is 2.95 bits per heavy atom. The molecule has 0 aliphatic carbocycles. The van der Waals surface area contributed by atoms with Crippen molar-refractivity contribution in [1.29, 1.82) is 0 Å². The minimum Gasteiger partial charge on any atom is -0.308 e. The summed E-state index contributed by atoms with van der Waals surface area (Å²) < 4.78 is 0. The molecule has 1 fully saturated rings. The third kappa shape index (κ3) is 2.86. The van der Waals surface area contributed by atoms with Gasteiger partial charge in [-0.05, 0) is 12.5 Å². The zero-order valence-electron chi connectivity index (χ0n) is 11.1. The summed E-state index contributed by atoms with van der Waals surface area (Å²) in [5.41, 5.74) is 1.37. The molecular formula is C15H19N3S. The summed E-state index contributed by atoms with van der Waals surface area (Å²) in [4.78, 5) is 6.97. The largest absolute Gasteiger partial charge is 0.308 e. The van der Waals surface area contributed by atoms with Crippen molar-refractivity contribution in [2.24, 2.45) is 0 Å². The Hall–Kier alpha value is -1.23. The Bertz CT molecular complexity index is 497. The van der Waals surface area contributed by atoms with Crippen LogP contribution in [0.5, 0.6) is 0 Å². The number of rotatable bonds is 3. The first-order valence-corrected chi connectivity index (χ1v) is 7.64. The van der Waals surface area contributed by atoms with Gasteiger partial charge in [0.1, 0.15) is 5.01 Å². The second kappa shape index (κ2) is 5.82. The molecule has 100 valence electrons. The Morgan fingerprint density at radius 1 is 1.37 bits per heavy atom. The molecule has 0 bridgehead atoms. The summed E-state index contributed by atoms with van der Waals surface area (Å²) in [7, 11) is 0. The molecule has 1 aromatic heterocycles. The van der Waals surface area contributed by atoms with E-state index in [1.54, 1.807) is 11.3 Å². The van der Waals surface area contributed by atoms with E-state index in [2.05, 4.69) is 57.8 Å². The van der Waals surface area contributed by atoms with Crippen LogP contribution in [0.1, 0.15) is 29.6 Å². The molecule has 1 aliphatic rings. The molecule has 2 heterocycles. The minimum atomic E-state index is 0.410. The second-order valence-corrected chi connectivity index (χ2v) is 5.88. The number of nitrogens with one attached hydrogen (secondary N) is 1. The van der Waals surface area contributed by atoms with E-state index in [1.807, 2.05) is 6.20 Å². The lowest BCUT2D eigenvalue weighted by molar-refractivity contribution is 0.153. The summed E-state index contributed by atoms with van der Waals surface area (Å²) in [5, 5.41) is 6.88. The van der Waals surface area contributed by atoms with Crippen LogP contribution in [-0.4, -0.2) is 29.5 Å². The summed E-state index contributed by atoms with van der Waals surface area (Å²) in [6.45, 7) is 5.43. The van der Waals surface area contributed by atoms with Crippen LogP contribution in [0.15, 0.2) is 41.9 Å². The maximum Gasteiger partial charge on any atom is 0.109 e. The standard InChI is InChI=1S/C15H19N3S/c1-12(15-17-8-10-19-15)18-9-7-16-14(11-18)13-5-3-2-4-6-13/h2-6,8,10,12,14,16H,7,9,11H2,1H3. The van der Waals surface area contributed by atoms with Gasteiger partial charge >= 0.3 is 0 Å². The van der Waals surface area contributed by atoms with Crippen LogP contribution in [-0.2, 0) is 0 Å². The molecule has 1 aliphatic heterocycles. The lowest BCUT2D eigenvalue weighted by Gasteiger charge is -2.37. The van der Waals surface area contributed by atoms with Crippen molar-refractivity contribution < 1.29 is 0 Å². The van der Waals surface area contributed by atoms with Crippen molar-refractivity contribution in [1.82, 2.24) is 15.2 Å². The molecule has 4 heteroatoms. The number of piperazine rings is 1. The van der Waals surface area contributed by atoms with Crippen LogP contribution in [0.3, 0.4) is 0 Å². The van der Waals surface area contributed by atoms with Gasteiger partial charge in [-0.15, -0.1) is 11.3 Å². The Balaban J connectivity index is 1.71. The van der Waals surface area contributed by atoms with Crippen LogP contribution >= 0.6 is 11.3 Å². The monoisotopic (exact) mass is 273 g/mol. The fraction of sp³-hybridized carbons (Fsp3) is 0.400. The molecule has 0 amide bonds. The van der Waals surface area contributed by atoms with E-state index in [0.29, 0.717) is 12.1 Å². The smallest absolute Gasteiger partial charge is 0.109 e. The number of aromatic nitrogens is 1. The number of hydrogen-bond donors (Lipinski definition) is 1. The van der Waals surface area contributed by atoms with Crippen LogP contribution in [0, 0.1) is 0 Å². The third-order valence-corrected chi connectivity index (χ3v) is 4.71. The molecule has 0 radical (unpaired) electrons. The lowest BCUT2D eigenvalue weighted by atomic mass is 10.0.